The van der Waals surface area contributed by atoms with Crippen LogP contribution in [0.25, 0.3) is 10.8 Å². The molecule has 0 spiro atoms. The van der Waals surface area contributed by atoms with Crippen LogP contribution in [0.3, 0.4) is 0 Å². The van der Waals surface area contributed by atoms with Crippen molar-refractivity contribution in [1.29, 1.82) is 0 Å². The van der Waals surface area contributed by atoms with Crippen LogP contribution >= 0.6 is 0 Å². The highest BCUT2D eigenvalue weighted by atomic mass is 16.5. The SMILES string of the molecule is COc1ccc(N2CCN(C(=O)Cn3nc(C(=O)O)c4ccccc4c3=O)CC2)cc1. The van der Waals surface area contributed by atoms with Gasteiger partial charge < -0.3 is 19.6 Å². The Kier molecular flexibility index (Phi) is 5.57. The van der Waals surface area contributed by atoms with Crippen LogP contribution in [0.4, 0.5) is 5.69 Å². The number of rotatable bonds is 5. The third kappa shape index (κ3) is 4.07. The third-order valence-electron chi connectivity index (χ3n) is 5.43. The number of methoxy groups -OCH3 is 1. The molecule has 1 aromatic heterocycles. The van der Waals surface area contributed by atoms with Crippen molar-refractivity contribution in [1.82, 2.24) is 14.7 Å². The number of carbonyl (C=O) groups excluding carboxylic acids is 1. The number of hydrogen-bond acceptors (Lipinski definition) is 6. The Morgan fingerprint density at radius 1 is 1.00 bits per heavy atom. The standard InChI is InChI=1S/C22H22N4O5/c1-31-16-8-6-15(7-9-16)24-10-12-25(13-11-24)19(27)14-26-21(28)18-5-3-2-4-17(18)20(23-26)22(29)30/h2-9H,10-14H2,1H3,(H,29,30). The van der Waals surface area contributed by atoms with E-state index in [0.717, 1.165) is 16.1 Å². The van der Waals surface area contributed by atoms with E-state index >= 15 is 0 Å². The van der Waals surface area contributed by atoms with Gasteiger partial charge in [-0.25, -0.2) is 9.48 Å². The largest absolute Gasteiger partial charge is 0.497 e. The summed E-state index contributed by atoms with van der Waals surface area (Å²) < 4.78 is 6.13. The zero-order valence-electron chi connectivity index (χ0n) is 17.0. The van der Waals surface area contributed by atoms with Gasteiger partial charge in [0, 0.05) is 37.3 Å². The van der Waals surface area contributed by atoms with Gasteiger partial charge in [0.25, 0.3) is 5.56 Å². The van der Waals surface area contributed by atoms with E-state index in [2.05, 4.69) is 10.00 Å². The number of aromatic nitrogens is 2. The average molecular weight is 422 g/mol. The summed E-state index contributed by atoms with van der Waals surface area (Å²) in [5.41, 5.74) is 0.324. The molecule has 0 bridgehead atoms. The zero-order chi connectivity index (χ0) is 22.0. The summed E-state index contributed by atoms with van der Waals surface area (Å²) in [6.07, 6.45) is 0. The maximum Gasteiger partial charge on any atom is 0.357 e. The first-order chi connectivity index (χ1) is 15.0. The predicted molar refractivity (Wildman–Crippen MR) is 115 cm³/mol. The van der Waals surface area contributed by atoms with Gasteiger partial charge in [0.15, 0.2) is 5.69 Å². The van der Waals surface area contributed by atoms with Crippen LogP contribution in [0.5, 0.6) is 5.75 Å². The highest BCUT2D eigenvalue weighted by Gasteiger charge is 2.23. The highest BCUT2D eigenvalue weighted by molar-refractivity contribution is 6.01. The van der Waals surface area contributed by atoms with Gasteiger partial charge in [-0.2, -0.15) is 5.10 Å². The van der Waals surface area contributed by atoms with Gasteiger partial charge in [0.05, 0.1) is 12.5 Å². The van der Waals surface area contributed by atoms with E-state index in [1.54, 1.807) is 30.2 Å². The molecule has 0 atom stereocenters. The Balaban J connectivity index is 1.48. The molecule has 1 amide bonds. The van der Waals surface area contributed by atoms with Gasteiger partial charge in [-0.15, -0.1) is 0 Å². The van der Waals surface area contributed by atoms with Gasteiger partial charge in [0.1, 0.15) is 12.3 Å². The maximum absolute atomic E-state index is 12.8. The van der Waals surface area contributed by atoms with Crippen LogP contribution in [-0.2, 0) is 11.3 Å². The number of ether oxygens (including phenoxy) is 1. The van der Waals surface area contributed by atoms with Gasteiger partial charge in [-0.3, -0.25) is 9.59 Å². The summed E-state index contributed by atoms with van der Waals surface area (Å²) in [5.74, 6) is -0.729. The van der Waals surface area contributed by atoms with E-state index in [1.165, 1.54) is 6.07 Å². The molecule has 0 unspecified atom stereocenters. The first kappa shape index (κ1) is 20.4. The lowest BCUT2D eigenvalue weighted by atomic mass is 10.1. The Hall–Kier alpha value is -3.88. The van der Waals surface area contributed by atoms with E-state index in [0.29, 0.717) is 26.2 Å². The Morgan fingerprint density at radius 2 is 1.65 bits per heavy atom. The summed E-state index contributed by atoms with van der Waals surface area (Å²) in [5, 5.41) is 13.9. The first-order valence-corrected chi connectivity index (χ1v) is 9.88. The van der Waals surface area contributed by atoms with Gasteiger partial charge in [0.2, 0.25) is 5.91 Å². The maximum atomic E-state index is 12.8. The molecule has 1 aliphatic heterocycles. The number of anilines is 1. The lowest BCUT2D eigenvalue weighted by Gasteiger charge is -2.36. The van der Waals surface area contributed by atoms with Gasteiger partial charge in [-0.05, 0) is 30.3 Å². The normalized spacial score (nSPS) is 14.0. The minimum Gasteiger partial charge on any atom is -0.497 e. The molecule has 9 nitrogen and oxygen atoms in total. The smallest absolute Gasteiger partial charge is 0.357 e. The molecule has 2 aromatic carbocycles. The number of benzene rings is 2. The zero-order valence-corrected chi connectivity index (χ0v) is 17.0. The molecule has 1 saturated heterocycles. The predicted octanol–water partition coefficient (Wildman–Crippen LogP) is 1.45. The van der Waals surface area contributed by atoms with E-state index in [1.807, 2.05) is 24.3 Å². The van der Waals surface area contributed by atoms with Crippen LogP contribution in [0, 0.1) is 0 Å². The molecule has 0 saturated carbocycles. The van der Waals surface area contributed by atoms with Crippen molar-refractivity contribution in [3.05, 3.63) is 64.6 Å². The number of fused-ring (bicyclic) bond motifs is 1. The number of carboxylic acids is 1. The molecule has 160 valence electrons. The molecule has 9 heteroatoms. The summed E-state index contributed by atoms with van der Waals surface area (Å²) in [6, 6.07) is 14.1. The summed E-state index contributed by atoms with van der Waals surface area (Å²) in [7, 11) is 1.62. The summed E-state index contributed by atoms with van der Waals surface area (Å²) in [6.45, 7) is 2.00. The van der Waals surface area contributed by atoms with E-state index in [9.17, 15) is 19.5 Å². The van der Waals surface area contributed by atoms with Crippen molar-refractivity contribution in [3.63, 3.8) is 0 Å². The monoisotopic (exact) mass is 422 g/mol. The number of carboxylic acid groups (broad SMARTS) is 1. The van der Waals surface area contributed by atoms with Crippen LogP contribution < -0.4 is 15.2 Å². The minimum absolute atomic E-state index is 0.229. The average Bonchev–Trinajstić information content (AvgIpc) is 2.81. The fraction of sp³-hybridized carbons (Fsp3) is 0.273. The number of hydrogen-bond donors (Lipinski definition) is 1. The van der Waals surface area contributed by atoms with Crippen molar-refractivity contribution in [3.8, 4) is 5.75 Å². The number of aromatic carboxylic acids is 1. The van der Waals surface area contributed by atoms with Gasteiger partial charge in [-0.1, -0.05) is 18.2 Å². The van der Waals surface area contributed by atoms with Crippen LogP contribution in [0.1, 0.15) is 10.5 Å². The van der Waals surface area contributed by atoms with Crippen LogP contribution in [-0.4, -0.2) is 65.0 Å². The Morgan fingerprint density at radius 3 is 2.26 bits per heavy atom. The molecule has 2 heterocycles. The summed E-state index contributed by atoms with van der Waals surface area (Å²) >= 11 is 0. The van der Waals surface area contributed by atoms with E-state index < -0.39 is 11.5 Å². The fourth-order valence-corrected chi connectivity index (χ4v) is 3.74. The molecule has 0 aliphatic carbocycles. The lowest BCUT2D eigenvalue weighted by molar-refractivity contribution is -0.132. The summed E-state index contributed by atoms with van der Waals surface area (Å²) in [4.78, 5) is 41.0. The second kappa shape index (κ2) is 8.47. The first-order valence-electron chi connectivity index (χ1n) is 9.88. The minimum atomic E-state index is -1.24. The fourth-order valence-electron chi connectivity index (χ4n) is 3.74. The van der Waals surface area contributed by atoms with E-state index in [-0.39, 0.29) is 28.9 Å². The molecule has 4 rings (SSSR count). The lowest BCUT2D eigenvalue weighted by Crippen LogP contribution is -2.50. The second-order valence-corrected chi connectivity index (χ2v) is 7.23. The van der Waals surface area contributed by atoms with Crippen molar-refractivity contribution >= 4 is 28.3 Å². The molecular formula is C22H22N4O5. The quantitative estimate of drug-likeness (QED) is 0.664. The molecule has 1 N–H and O–H groups in total. The van der Waals surface area contributed by atoms with Gasteiger partial charge >= 0.3 is 5.97 Å². The van der Waals surface area contributed by atoms with Crippen molar-refractivity contribution in [2.75, 3.05) is 38.2 Å². The molecule has 1 fully saturated rings. The van der Waals surface area contributed by atoms with Crippen molar-refractivity contribution < 1.29 is 19.4 Å². The van der Waals surface area contributed by atoms with Crippen molar-refractivity contribution in [2.45, 2.75) is 6.54 Å². The number of piperazine rings is 1. The van der Waals surface area contributed by atoms with Crippen LogP contribution in [0.15, 0.2) is 53.3 Å². The number of carbonyl (C=O) groups is 2. The molecule has 31 heavy (non-hydrogen) atoms. The van der Waals surface area contributed by atoms with E-state index in [4.69, 9.17) is 4.74 Å². The molecule has 0 radical (unpaired) electrons. The molecule has 1 aliphatic rings. The number of amides is 1. The Bertz CT molecular complexity index is 1180. The third-order valence-corrected chi connectivity index (χ3v) is 5.43. The highest BCUT2D eigenvalue weighted by Crippen LogP contribution is 2.20. The topological polar surface area (TPSA) is 105 Å². The second-order valence-electron chi connectivity index (χ2n) is 7.23. The number of nitrogens with zero attached hydrogens (tertiary/aromatic N) is 4. The molecule has 3 aromatic rings. The molecular weight excluding hydrogens is 400 g/mol. The van der Waals surface area contributed by atoms with Crippen molar-refractivity contribution in [2.24, 2.45) is 0 Å². The van der Waals surface area contributed by atoms with Crippen LogP contribution in [0.2, 0.25) is 0 Å². The Labute approximate surface area is 178 Å².